The van der Waals surface area contributed by atoms with Crippen LogP contribution >= 0.6 is 15.9 Å². The summed E-state index contributed by atoms with van der Waals surface area (Å²) in [6, 6.07) is 12.3. The van der Waals surface area contributed by atoms with Crippen LogP contribution in [0.3, 0.4) is 0 Å². The number of pyridine rings is 1. The Morgan fingerprint density at radius 1 is 1.12 bits per heavy atom. The molecular formula is C19H21BrN6. The van der Waals surface area contributed by atoms with E-state index < -0.39 is 0 Å². The molecule has 4 rings (SSSR count). The first-order chi connectivity index (χ1) is 12.7. The van der Waals surface area contributed by atoms with E-state index in [2.05, 4.69) is 36.1 Å². The third-order valence-corrected chi connectivity index (χ3v) is 5.21. The first kappa shape index (κ1) is 17.3. The van der Waals surface area contributed by atoms with Crippen LogP contribution < -0.4 is 5.73 Å². The fraction of sp³-hybridized carbons (Fsp3) is 0.316. The van der Waals surface area contributed by atoms with E-state index in [9.17, 15) is 0 Å². The van der Waals surface area contributed by atoms with Crippen molar-refractivity contribution in [2.45, 2.75) is 25.4 Å². The molecule has 0 amide bonds. The summed E-state index contributed by atoms with van der Waals surface area (Å²) in [5, 5.41) is 8.96. The zero-order valence-corrected chi connectivity index (χ0v) is 16.0. The van der Waals surface area contributed by atoms with Crippen molar-refractivity contribution in [3.8, 4) is 16.9 Å². The summed E-state index contributed by atoms with van der Waals surface area (Å²) in [7, 11) is 0. The van der Waals surface area contributed by atoms with Crippen LogP contribution in [0.15, 0.2) is 53.3 Å². The van der Waals surface area contributed by atoms with E-state index in [1.165, 1.54) is 0 Å². The maximum Gasteiger partial charge on any atom is 0.105 e. The average molecular weight is 413 g/mol. The van der Waals surface area contributed by atoms with Crippen molar-refractivity contribution in [1.82, 2.24) is 24.9 Å². The average Bonchev–Trinajstić information content (AvgIpc) is 3.06. The molecule has 2 aromatic heterocycles. The van der Waals surface area contributed by atoms with E-state index in [1.807, 2.05) is 41.1 Å². The topological polar surface area (TPSA) is 72.9 Å². The molecule has 26 heavy (non-hydrogen) atoms. The number of rotatable bonds is 4. The van der Waals surface area contributed by atoms with Gasteiger partial charge in [-0.3, -0.25) is 9.88 Å². The lowest BCUT2D eigenvalue weighted by Crippen LogP contribution is -2.42. The molecule has 3 aromatic rings. The highest BCUT2D eigenvalue weighted by atomic mass is 79.9. The van der Waals surface area contributed by atoms with Crippen LogP contribution in [-0.4, -0.2) is 44.0 Å². The van der Waals surface area contributed by atoms with E-state index in [0.29, 0.717) is 0 Å². The van der Waals surface area contributed by atoms with Gasteiger partial charge in [0.15, 0.2) is 0 Å². The van der Waals surface area contributed by atoms with Gasteiger partial charge in [0.25, 0.3) is 0 Å². The van der Waals surface area contributed by atoms with Crippen molar-refractivity contribution in [2.24, 2.45) is 5.73 Å². The molecule has 1 unspecified atom stereocenters. The summed E-state index contributed by atoms with van der Waals surface area (Å²) >= 11 is 3.49. The van der Waals surface area contributed by atoms with Gasteiger partial charge in [-0.25, -0.2) is 4.68 Å². The number of nitrogens with zero attached hydrogens (tertiary/aromatic N) is 5. The van der Waals surface area contributed by atoms with Crippen molar-refractivity contribution in [2.75, 3.05) is 13.1 Å². The quantitative estimate of drug-likeness (QED) is 0.712. The Kier molecular flexibility index (Phi) is 5.10. The normalized spacial score (nSPS) is 18.2. The van der Waals surface area contributed by atoms with Gasteiger partial charge in [0.2, 0.25) is 0 Å². The Morgan fingerprint density at radius 3 is 2.62 bits per heavy atom. The van der Waals surface area contributed by atoms with Crippen LogP contribution in [-0.2, 0) is 6.54 Å². The lowest BCUT2D eigenvalue weighted by atomic mass is 10.1. The summed E-state index contributed by atoms with van der Waals surface area (Å²) in [6.07, 6.45) is 5.83. The van der Waals surface area contributed by atoms with Gasteiger partial charge >= 0.3 is 0 Å². The van der Waals surface area contributed by atoms with E-state index in [4.69, 9.17) is 5.73 Å². The molecule has 1 aliphatic rings. The number of nitrogens with two attached hydrogens (primary N) is 1. The molecule has 1 aromatic carbocycles. The van der Waals surface area contributed by atoms with Gasteiger partial charge in [-0.2, -0.15) is 0 Å². The SMILES string of the molecule is NC1CCCN(Cc2nnn(-c3ccc(Br)cc3)c2-c2ccncc2)C1. The molecule has 0 spiro atoms. The molecule has 1 fully saturated rings. The second kappa shape index (κ2) is 7.65. The third kappa shape index (κ3) is 3.70. The molecule has 7 heteroatoms. The van der Waals surface area contributed by atoms with Crippen LogP contribution in [0, 0.1) is 0 Å². The van der Waals surface area contributed by atoms with Gasteiger partial charge in [0, 0.05) is 41.6 Å². The van der Waals surface area contributed by atoms with Crippen LogP contribution in [0.1, 0.15) is 18.5 Å². The number of hydrogen-bond donors (Lipinski definition) is 1. The largest absolute Gasteiger partial charge is 0.327 e. The molecule has 0 aliphatic carbocycles. The van der Waals surface area contributed by atoms with Gasteiger partial charge in [-0.05, 0) is 55.8 Å². The van der Waals surface area contributed by atoms with Crippen molar-refractivity contribution in [3.63, 3.8) is 0 Å². The zero-order valence-electron chi connectivity index (χ0n) is 14.4. The van der Waals surface area contributed by atoms with E-state index in [1.54, 1.807) is 12.4 Å². The van der Waals surface area contributed by atoms with Crippen LogP contribution in [0.25, 0.3) is 16.9 Å². The van der Waals surface area contributed by atoms with Crippen molar-refractivity contribution < 1.29 is 0 Å². The van der Waals surface area contributed by atoms with Gasteiger partial charge in [0.1, 0.15) is 5.69 Å². The third-order valence-electron chi connectivity index (χ3n) is 4.68. The molecular weight excluding hydrogens is 392 g/mol. The Morgan fingerprint density at radius 2 is 1.88 bits per heavy atom. The highest BCUT2D eigenvalue weighted by Crippen LogP contribution is 2.27. The number of piperidine rings is 1. The molecule has 1 atom stereocenters. The molecule has 1 saturated heterocycles. The first-order valence-corrected chi connectivity index (χ1v) is 9.59. The minimum atomic E-state index is 0.245. The Bertz CT molecular complexity index is 861. The summed E-state index contributed by atoms with van der Waals surface area (Å²) in [5.74, 6) is 0. The number of likely N-dealkylation sites (tertiary alicyclic amines) is 1. The van der Waals surface area contributed by atoms with Crippen LogP contribution in [0.5, 0.6) is 0 Å². The van der Waals surface area contributed by atoms with Gasteiger partial charge in [0.05, 0.1) is 11.4 Å². The maximum atomic E-state index is 6.14. The van der Waals surface area contributed by atoms with Gasteiger partial charge < -0.3 is 5.73 Å². The minimum absolute atomic E-state index is 0.245. The first-order valence-electron chi connectivity index (χ1n) is 8.79. The number of benzene rings is 1. The van der Waals surface area contributed by atoms with Gasteiger partial charge in [-0.15, -0.1) is 5.10 Å². The van der Waals surface area contributed by atoms with E-state index in [-0.39, 0.29) is 6.04 Å². The minimum Gasteiger partial charge on any atom is -0.327 e. The maximum absolute atomic E-state index is 6.14. The van der Waals surface area contributed by atoms with Crippen LogP contribution in [0.2, 0.25) is 0 Å². The predicted molar refractivity (Wildman–Crippen MR) is 105 cm³/mol. The summed E-state index contributed by atoms with van der Waals surface area (Å²) in [4.78, 5) is 6.51. The smallest absolute Gasteiger partial charge is 0.105 e. The fourth-order valence-electron chi connectivity index (χ4n) is 3.43. The predicted octanol–water partition coefficient (Wildman–Crippen LogP) is 3.01. The summed E-state index contributed by atoms with van der Waals surface area (Å²) in [5.41, 5.74) is 10.2. The molecule has 6 nitrogen and oxygen atoms in total. The number of halogens is 1. The Labute approximate surface area is 161 Å². The molecule has 0 saturated carbocycles. The molecule has 2 N–H and O–H groups in total. The highest BCUT2D eigenvalue weighted by molar-refractivity contribution is 9.10. The van der Waals surface area contributed by atoms with E-state index in [0.717, 1.165) is 59.6 Å². The molecule has 1 aliphatic heterocycles. The van der Waals surface area contributed by atoms with Crippen molar-refractivity contribution >= 4 is 15.9 Å². The molecule has 134 valence electrons. The lowest BCUT2D eigenvalue weighted by molar-refractivity contribution is 0.199. The monoisotopic (exact) mass is 412 g/mol. The Balaban J connectivity index is 1.73. The van der Waals surface area contributed by atoms with E-state index >= 15 is 0 Å². The molecule has 0 bridgehead atoms. The number of hydrogen-bond acceptors (Lipinski definition) is 5. The van der Waals surface area contributed by atoms with Crippen molar-refractivity contribution in [1.29, 1.82) is 0 Å². The highest BCUT2D eigenvalue weighted by Gasteiger charge is 2.22. The standard InChI is InChI=1S/C19H21BrN6/c20-15-3-5-17(6-4-15)26-19(14-7-9-22-10-8-14)18(23-24-26)13-25-11-1-2-16(21)12-25/h3-10,16H,1-2,11-13,21H2. The number of aromatic nitrogens is 4. The second-order valence-electron chi connectivity index (χ2n) is 6.65. The van der Waals surface area contributed by atoms with Crippen LogP contribution in [0.4, 0.5) is 0 Å². The molecule has 0 radical (unpaired) electrons. The Hall–Kier alpha value is -2.09. The summed E-state index contributed by atoms with van der Waals surface area (Å²) in [6.45, 7) is 2.71. The fourth-order valence-corrected chi connectivity index (χ4v) is 3.69. The van der Waals surface area contributed by atoms with Gasteiger partial charge in [-0.1, -0.05) is 21.1 Å². The molecule has 3 heterocycles. The van der Waals surface area contributed by atoms with Crippen molar-refractivity contribution in [3.05, 3.63) is 59.0 Å². The summed E-state index contributed by atoms with van der Waals surface area (Å²) < 4.78 is 2.94. The zero-order chi connectivity index (χ0) is 17.9. The lowest BCUT2D eigenvalue weighted by Gasteiger charge is -2.30. The second-order valence-corrected chi connectivity index (χ2v) is 7.56.